The van der Waals surface area contributed by atoms with Gasteiger partial charge in [-0.05, 0) is 48.2 Å². The van der Waals surface area contributed by atoms with Gasteiger partial charge in [-0.3, -0.25) is 9.69 Å². The summed E-state index contributed by atoms with van der Waals surface area (Å²) in [6.07, 6.45) is 1.95. The van der Waals surface area contributed by atoms with Crippen molar-refractivity contribution in [2.24, 2.45) is 11.7 Å². The predicted molar refractivity (Wildman–Crippen MR) is 106 cm³/mol. The maximum atomic E-state index is 11.4. The van der Waals surface area contributed by atoms with Gasteiger partial charge >= 0.3 is 0 Å². The van der Waals surface area contributed by atoms with E-state index < -0.39 is 0 Å². The van der Waals surface area contributed by atoms with E-state index >= 15 is 0 Å². The molecule has 0 radical (unpaired) electrons. The molecule has 0 spiro atoms. The van der Waals surface area contributed by atoms with Crippen LogP contribution in [0, 0.1) is 5.92 Å². The van der Waals surface area contributed by atoms with Crippen molar-refractivity contribution in [1.82, 2.24) is 10.2 Å². The molecule has 3 N–H and O–H groups in total. The molecule has 0 saturated carbocycles. The van der Waals surface area contributed by atoms with Crippen LogP contribution in [0.1, 0.15) is 29.5 Å². The molecule has 1 amide bonds. The van der Waals surface area contributed by atoms with E-state index in [0.717, 1.165) is 50.6 Å². The van der Waals surface area contributed by atoms with Gasteiger partial charge in [-0.1, -0.05) is 48.0 Å². The standard InChI is InChI=1S/C21H26ClN3O/c22-20-8-6-16(7-9-20)12-24-13-17-3-1-4-18(11-17)14-25-10-2-5-19(15-25)21(23)26/h1,3-4,6-9,11,19,24H,2,5,10,12-15H2,(H2,23,26). The molecular formula is C21H26ClN3O. The normalized spacial score (nSPS) is 18.0. The summed E-state index contributed by atoms with van der Waals surface area (Å²) >= 11 is 5.92. The molecule has 1 aliphatic heterocycles. The van der Waals surface area contributed by atoms with E-state index in [-0.39, 0.29) is 11.8 Å². The van der Waals surface area contributed by atoms with Crippen LogP contribution < -0.4 is 11.1 Å². The summed E-state index contributed by atoms with van der Waals surface area (Å²) in [6.45, 7) is 4.31. The zero-order valence-electron chi connectivity index (χ0n) is 15.0. The maximum Gasteiger partial charge on any atom is 0.221 e. The van der Waals surface area contributed by atoms with Crippen molar-refractivity contribution in [2.75, 3.05) is 13.1 Å². The molecule has 0 bridgehead atoms. The second-order valence-electron chi connectivity index (χ2n) is 7.03. The highest BCUT2D eigenvalue weighted by Gasteiger charge is 2.23. The highest BCUT2D eigenvalue weighted by molar-refractivity contribution is 6.30. The van der Waals surface area contributed by atoms with Crippen LogP contribution in [0.25, 0.3) is 0 Å². The lowest BCUT2D eigenvalue weighted by Gasteiger charge is -2.31. The Balaban J connectivity index is 1.51. The Kier molecular flexibility index (Phi) is 6.67. The lowest BCUT2D eigenvalue weighted by molar-refractivity contribution is -0.123. The molecule has 1 atom stereocenters. The summed E-state index contributed by atoms with van der Waals surface area (Å²) in [7, 11) is 0. The Morgan fingerprint density at radius 2 is 1.85 bits per heavy atom. The molecule has 1 saturated heterocycles. The van der Waals surface area contributed by atoms with Crippen molar-refractivity contribution < 1.29 is 4.79 Å². The molecule has 5 heteroatoms. The van der Waals surface area contributed by atoms with Gasteiger partial charge in [0.1, 0.15) is 0 Å². The average molecular weight is 372 g/mol. The first-order chi connectivity index (χ1) is 12.6. The lowest BCUT2D eigenvalue weighted by Crippen LogP contribution is -2.40. The fraction of sp³-hybridized carbons (Fsp3) is 0.381. The van der Waals surface area contributed by atoms with Crippen molar-refractivity contribution in [2.45, 2.75) is 32.5 Å². The minimum Gasteiger partial charge on any atom is -0.369 e. The Bertz CT molecular complexity index is 732. The maximum absolute atomic E-state index is 11.4. The van der Waals surface area contributed by atoms with Crippen LogP contribution in [0.5, 0.6) is 0 Å². The summed E-state index contributed by atoms with van der Waals surface area (Å²) in [5, 5.41) is 4.23. The highest BCUT2D eigenvalue weighted by atomic mass is 35.5. The van der Waals surface area contributed by atoms with Crippen molar-refractivity contribution in [3.8, 4) is 0 Å². The van der Waals surface area contributed by atoms with E-state index in [2.05, 4.69) is 34.5 Å². The topological polar surface area (TPSA) is 58.4 Å². The molecule has 0 aromatic heterocycles. The van der Waals surface area contributed by atoms with E-state index in [1.807, 2.05) is 24.3 Å². The van der Waals surface area contributed by atoms with E-state index in [1.165, 1.54) is 16.7 Å². The number of halogens is 1. The van der Waals surface area contributed by atoms with Gasteiger partial charge in [0.25, 0.3) is 0 Å². The van der Waals surface area contributed by atoms with Gasteiger partial charge in [0.05, 0.1) is 5.92 Å². The number of piperidine rings is 1. The third-order valence-corrected chi connectivity index (χ3v) is 5.13. The monoisotopic (exact) mass is 371 g/mol. The number of hydrogen-bond donors (Lipinski definition) is 2. The second-order valence-corrected chi connectivity index (χ2v) is 7.46. The molecule has 1 heterocycles. The molecule has 1 aliphatic rings. The summed E-state index contributed by atoms with van der Waals surface area (Å²) < 4.78 is 0. The minimum absolute atomic E-state index is 0.00650. The molecule has 0 aliphatic carbocycles. The van der Waals surface area contributed by atoms with Gasteiger partial charge in [-0.2, -0.15) is 0 Å². The summed E-state index contributed by atoms with van der Waals surface area (Å²) in [5.41, 5.74) is 9.24. The number of amides is 1. The number of likely N-dealkylation sites (tertiary alicyclic amines) is 1. The van der Waals surface area contributed by atoms with Crippen LogP contribution in [0.4, 0.5) is 0 Å². The third kappa shape index (κ3) is 5.56. The van der Waals surface area contributed by atoms with Crippen molar-refractivity contribution >= 4 is 17.5 Å². The summed E-state index contributed by atoms with van der Waals surface area (Å²) in [4.78, 5) is 13.8. The summed E-state index contributed by atoms with van der Waals surface area (Å²) in [6, 6.07) is 16.5. The fourth-order valence-electron chi connectivity index (χ4n) is 3.48. The minimum atomic E-state index is -0.171. The number of nitrogens with zero attached hydrogens (tertiary/aromatic N) is 1. The number of carbonyl (C=O) groups excluding carboxylic acids is 1. The number of carbonyl (C=O) groups is 1. The molecule has 138 valence electrons. The van der Waals surface area contributed by atoms with Gasteiger partial charge in [-0.15, -0.1) is 0 Å². The number of nitrogens with one attached hydrogen (secondary N) is 1. The molecule has 2 aromatic carbocycles. The molecule has 2 aromatic rings. The van der Waals surface area contributed by atoms with Crippen LogP contribution in [0.3, 0.4) is 0 Å². The quantitative estimate of drug-likeness (QED) is 0.784. The van der Waals surface area contributed by atoms with E-state index in [1.54, 1.807) is 0 Å². The van der Waals surface area contributed by atoms with Crippen LogP contribution >= 0.6 is 11.6 Å². The van der Waals surface area contributed by atoms with Gasteiger partial charge in [0, 0.05) is 31.2 Å². The predicted octanol–water partition coefficient (Wildman–Crippen LogP) is 3.33. The Morgan fingerprint density at radius 3 is 2.62 bits per heavy atom. The number of nitrogens with two attached hydrogens (primary N) is 1. The smallest absolute Gasteiger partial charge is 0.221 e. The summed E-state index contributed by atoms with van der Waals surface area (Å²) in [5.74, 6) is -0.178. The Morgan fingerprint density at radius 1 is 1.12 bits per heavy atom. The van der Waals surface area contributed by atoms with Crippen LogP contribution in [0.15, 0.2) is 48.5 Å². The van der Waals surface area contributed by atoms with Crippen LogP contribution in [-0.4, -0.2) is 23.9 Å². The number of benzene rings is 2. The van der Waals surface area contributed by atoms with Gasteiger partial charge in [-0.25, -0.2) is 0 Å². The molecule has 1 unspecified atom stereocenters. The molecule has 26 heavy (non-hydrogen) atoms. The first-order valence-electron chi connectivity index (χ1n) is 9.15. The van der Waals surface area contributed by atoms with Gasteiger partial charge in [0.2, 0.25) is 5.91 Å². The number of primary amides is 1. The largest absolute Gasteiger partial charge is 0.369 e. The zero-order valence-corrected chi connectivity index (χ0v) is 15.7. The fourth-order valence-corrected chi connectivity index (χ4v) is 3.61. The van der Waals surface area contributed by atoms with Gasteiger partial charge < -0.3 is 11.1 Å². The second kappa shape index (κ2) is 9.17. The molecular weight excluding hydrogens is 346 g/mol. The van der Waals surface area contributed by atoms with Crippen LogP contribution in [0.2, 0.25) is 5.02 Å². The zero-order chi connectivity index (χ0) is 18.4. The van der Waals surface area contributed by atoms with E-state index in [4.69, 9.17) is 17.3 Å². The van der Waals surface area contributed by atoms with E-state index in [9.17, 15) is 4.79 Å². The average Bonchev–Trinajstić information content (AvgIpc) is 2.64. The molecule has 4 nitrogen and oxygen atoms in total. The lowest BCUT2D eigenvalue weighted by atomic mass is 9.97. The van der Waals surface area contributed by atoms with Crippen molar-refractivity contribution in [1.29, 1.82) is 0 Å². The molecule has 3 rings (SSSR count). The highest BCUT2D eigenvalue weighted by Crippen LogP contribution is 2.19. The van der Waals surface area contributed by atoms with Gasteiger partial charge in [0.15, 0.2) is 0 Å². The van der Waals surface area contributed by atoms with E-state index in [0.29, 0.717) is 0 Å². The third-order valence-electron chi connectivity index (χ3n) is 4.88. The first kappa shape index (κ1) is 18.9. The first-order valence-corrected chi connectivity index (χ1v) is 9.52. The van der Waals surface area contributed by atoms with Crippen molar-refractivity contribution in [3.05, 3.63) is 70.2 Å². The number of hydrogen-bond acceptors (Lipinski definition) is 3. The number of rotatable bonds is 7. The Labute approximate surface area is 160 Å². The van der Waals surface area contributed by atoms with Crippen LogP contribution in [-0.2, 0) is 24.4 Å². The molecule has 1 fully saturated rings. The SMILES string of the molecule is NC(=O)C1CCCN(Cc2cccc(CNCc3ccc(Cl)cc3)c2)C1. The Hall–Kier alpha value is -1.88. The van der Waals surface area contributed by atoms with Crippen molar-refractivity contribution in [3.63, 3.8) is 0 Å².